The van der Waals surface area contributed by atoms with E-state index in [9.17, 15) is 34.2 Å². The molecule has 1 rings (SSSR count). The average Bonchev–Trinajstić information content (AvgIpc) is 3.07. The fourth-order valence-corrected chi connectivity index (χ4v) is 6.44. The number of carbonyl (C=O) groups is 5. The molecular weight excluding hydrogens is 676 g/mol. The van der Waals surface area contributed by atoms with Crippen LogP contribution < -0.4 is 16.8 Å². The molecule has 0 saturated carbocycles. The van der Waals surface area contributed by atoms with Gasteiger partial charge in [0.1, 0.15) is 37.0 Å². The molecule has 1 unspecified atom stereocenters. The first kappa shape index (κ1) is 47.2. The number of nitrogens with two attached hydrogens (primary N) is 2. The Bertz CT molecular complexity index is 1060. The van der Waals surface area contributed by atoms with Crippen LogP contribution in [0, 0.1) is 0 Å². The summed E-state index contributed by atoms with van der Waals surface area (Å²) in [6.45, 7) is 5.68. The van der Waals surface area contributed by atoms with Gasteiger partial charge in [0.2, 0.25) is 17.7 Å². The van der Waals surface area contributed by atoms with E-state index in [4.69, 9.17) is 30.8 Å². The molecule has 8 N–H and O–H groups in total. The van der Waals surface area contributed by atoms with E-state index < -0.39 is 84.9 Å². The SMILES string of the molecule is CCCCCCCCCCCCCCCCCC(=O)OC[C@H]1O[C@H](O)[C@H](NC(C)=O)[C@@H](OC(C)CN(C(=O)[C@H](C)N)[C@@H](CCC(=O)O)C(N)=O)[C@@H]1O. The van der Waals surface area contributed by atoms with Crippen molar-refractivity contribution in [2.45, 2.75) is 192 Å². The summed E-state index contributed by atoms with van der Waals surface area (Å²) in [7, 11) is 0. The number of aliphatic hydroxyl groups excluding tert-OH is 2. The number of primary amides is 1. The number of nitrogens with zero attached hydrogens (tertiary/aromatic N) is 1. The van der Waals surface area contributed by atoms with Crippen LogP contribution in [-0.2, 0) is 38.2 Å². The molecule has 0 aromatic rings. The lowest BCUT2D eigenvalue weighted by molar-refractivity contribution is -0.269. The third kappa shape index (κ3) is 19.3. The van der Waals surface area contributed by atoms with Crippen molar-refractivity contribution in [2.24, 2.45) is 11.5 Å². The van der Waals surface area contributed by atoms with Crippen molar-refractivity contribution in [2.75, 3.05) is 13.2 Å². The van der Waals surface area contributed by atoms with Crippen molar-refractivity contribution in [1.29, 1.82) is 0 Å². The molecule has 1 aliphatic heterocycles. The standard InChI is InChI=1S/C37H68N4O11/c1-5-6-7-8-9-10-11-12-13-14-15-16-17-18-19-20-31(45)50-24-29-33(46)34(32(37(49)52-29)40-27(4)42)51-25(2)23-41(36(48)26(3)38)28(35(39)47)21-22-30(43)44/h25-26,28-29,32-34,37,46,49H,5-24,38H2,1-4H3,(H2,39,47)(H,40,42)(H,43,44)/t25?,26-,28-,29+,32+,33+,34+,37-/m0/s1. The molecule has 0 bridgehead atoms. The summed E-state index contributed by atoms with van der Waals surface area (Å²) in [5, 5.41) is 33.6. The van der Waals surface area contributed by atoms with Crippen LogP contribution in [0.2, 0.25) is 0 Å². The van der Waals surface area contributed by atoms with E-state index in [1.54, 1.807) is 0 Å². The zero-order chi connectivity index (χ0) is 39.1. The fraction of sp³-hybridized carbons (Fsp3) is 0.865. The van der Waals surface area contributed by atoms with Gasteiger partial charge < -0.3 is 51.2 Å². The van der Waals surface area contributed by atoms with Crippen molar-refractivity contribution in [3.05, 3.63) is 0 Å². The molecule has 1 saturated heterocycles. The van der Waals surface area contributed by atoms with Crippen LogP contribution in [0.1, 0.15) is 143 Å². The van der Waals surface area contributed by atoms with Crippen LogP contribution in [0.4, 0.5) is 0 Å². The third-order valence-electron chi connectivity index (χ3n) is 9.31. The van der Waals surface area contributed by atoms with E-state index in [1.807, 2.05) is 0 Å². The highest BCUT2D eigenvalue weighted by atomic mass is 16.6. The number of aliphatic hydroxyl groups is 2. The Balaban J connectivity index is 2.63. The van der Waals surface area contributed by atoms with Crippen LogP contribution in [0.15, 0.2) is 0 Å². The molecule has 0 radical (unpaired) electrons. The summed E-state index contributed by atoms with van der Waals surface area (Å²) >= 11 is 0. The molecule has 52 heavy (non-hydrogen) atoms. The van der Waals surface area contributed by atoms with E-state index in [0.29, 0.717) is 6.42 Å². The lowest BCUT2D eigenvalue weighted by Gasteiger charge is -2.44. The molecule has 0 aromatic heterocycles. The lowest BCUT2D eigenvalue weighted by Crippen LogP contribution is -2.65. The number of unbranched alkanes of at least 4 members (excludes halogenated alkanes) is 14. The van der Waals surface area contributed by atoms with Crippen molar-refractivity contribution < 1.29 is 53.5 Å². The summed E-state index contributed by atoms with van der Waals surface area (Å²) < 4.78 is 16.9. The van der Waals surface area contributed by atoms with Gasteiger partial charge in [0, 0.05) is 26.3 Å². The Morgan fingerprint density at radius 1 is 0.846 bits per heavy atom. The molecule has 3 amide bonds. The fourth-order valence-electron chi connectivity index (χ4n) is 6.44. The van der Waals surface area contributed by atoms with Gasteiger partial charge in [-0.05, 0) is 26.7 Å². The van der Waals surface area contributed by atoms with Gasteiger partial charge in [-0.3, -0.25) is 24.0 Å². The summed E-state index contributed by atoms with van der Waals surface area (Å²) in [5.41, 5.74) is 11.3. The van der Waals surface area contributed by atoms with Gasteiger partial charge in [0.25, 0.3) is 0 Å². The van der Waals surface area contributed by atoms with E-state index in [0.717, 1.165) is 24.2 Å². The molecule has 15 heteroatoms. The largest absolute Gasteiger partial charge is 0.481 e. The van der Waals surface area contributed by atoms with Crippen LogP contribution in [-0.4, -0.2) is 112 Å². The highest BCUT2D eigenvalue weighted by Crippen LogP contribution is 2.25. The summed E-state index contributed by atoms with van der Waals surface area (Å²) in [6.07, 6.45) is 11.0. The van der Waals surface area contributed by atoms with E-state index in [-0.39, 0.29) is 26.0 Å². The monoisotopic (exact) mass is 744 g/mol. The zero-order valence-corrected chi connectivity index (χ0v) is 32.0. The average molecular weight is 745 g/mol. The van der Waals surface area contributed by atoms with Gasteiger partial charge in [-0.15, -0.1) is 0 Å². The number of rotatable bonds is 29. The molecule has 8 atom stereocenters. The van der Waals surface area contributed by atoms with Crippen LogP contribution >= 0.6 is 0 Å². The second-order valence-corrected chi connectivity index (χ2v) is 14.2. The number of hydrogen-bond acceptors (Lipinski definition) is 11. The number of esters is 1. The summed E-state index contributed by atoms with van der Waals surface area (Å²) in [5.74, 6) is -3.84. The van der Waals surface area contributed by atoms with Gasteiger partial charge in [-0.2, -0.15) is 0 Å². The highest BCUT2D eigenvalue weighted by molar-refractivity contribution is 5.89. The topological polar surface area (TPSA) is 241 Å². The van der Waals surface area contributed by atoms with Crippen LogP contribution in [0.5, 0.6) is 0 Å². The first-order valence-electron chi connectivity index (χ1n) is 19.4. The second-order valence-electron chi connectivity index (χ2n) is 14.2. The van der Waals surface area contributed by atoms with Crippen molar-refractivity contribution in [3.8, 4) is 0 Å². The summed E-state index contributed by atoms with van der Waals surface area (Å²) in [4.78, 5) is 61.9. The molecule has 1 aliphatic rings. The predicted molar refractivity (Wildman–Crippen MR) is 195 cm³/mol. The van der Waals surface area contributed by atoms with Gasteiger partial charge in [0.05, 0.1) is 12.1 Å². The predicted octanol–water partition coefficient (Wildman–Crippen LogP) is 3.04. The Morgan fingerprint density at radius 2 is 1.37 bits per heavy atom. The number of ether oxygens (including phenoxy) is 3. The van der Waals surface area contributed by atoms with E-state index >= 15 is 0 Å². The molecule has 0 aliphatic carbocycles. The number of nitrogens with one attached hydrogen (secondary N) is 1. The number of carboxylic acids is 1. The van der Waals surface area contributed by atoms with Crippen LogP contribution in [0.25, 0.3) is 0 Å². The zero-order valence-electron chi connectivity index (χ0n) is 32.0. The maximum atomic E-state index is 13.0. The van der Waals surface area contributed by atoms with Crippen LogP contribution in [0.3, 0.4) is 0 Å². The molecule has 1 fully saturated rings. The minimum absolute atomic E-state index is 0.196. The number of amides is 3. The second kappa shape index (κ2) is 26.8. The normalized spacial score (nSPS) is 21.9. The number of aliphatic carboxylic acids is 1. The minimum Gasteiger partial charge on any atom is -0.481 e. The molecule has 15 nitrogen and oxygen atoms in total. The Labute approximate surface area is 309 Å². The van der Waals surface area contributed by atoms with Crippen molar-refractivity contribution in [3.63, 3.8) is 0 Å². The molecule has 0 spiro atoms. The Kier molecular flexibility index (Phi) is 24.3. The quantitative estimate of drug-likeness (QED) is 0.0479. The Hall–Kier alpha value is -2.85. The van der Waals surface area contributed by atoms with Gasteiger partial charge in [-0.25, -0.2) is 0 Å². The first-order valence-corrected chi connectivity index (χ1v) is 19.4. The number of carbonyl (C=O) groups excluding carboxylic acids is 4. The first-order chi connectivity index (χ1) is 24.7. The van der Waals surface area contributed by atoms with E-state index in [2.05, 4.69) is 12.2 Å². The van der Waals surface area contributed by atoms with Gasteiger partial charge >= 0.3 is 11.9 Å². The highest BCUT2D eigenvalue weighted by Gasteiger charge is 2.47. The number of hydrogen-bond donors (Lipinski definition) is 6. The third-order valence-corrected chi connectivity index (χ3v) is 9.31. The van der Waals surface area contributed by atoms with Crippen molar-refractivity contribution >= 4 is 29.7 Å². The maximum Gasteiger partial charge on any atom is 0.305 e. The molecule has 1 heterocycles. The minimum atomic E-state index is -1.65. The Morgan fingerprint density at radius 3 is 1.83 bits per heavy atom. The lowest BCUT2D eigenvalue weighted by atomic mass is 9.96. The van der Waals surface area contributed by atoms with Crippen molar-refractivity contribution in [1.82, 2.24) is 10.2 Å². The van der Waals surface area contributed by atoms with Gasteiger partial charge in [0.15, 0.2) is 6.29 Å². The molecule has 302 valence electrons. The summed E-state index contributed by atoms with van der Waals surface area (Å²) in [6, 6.07) is -3.62. The molecule has 0 aromatic carbocycles. The smallest absolute Gasteiger partial charge is 0.305 e. The number of carboxylic acid groups (broad SMARTS) is 1. The molecular formula is C37H68N4O11. The van der Waals surface area contributed by atoms with Gasteiger partial charge in [-0.1, -0.05) is 96.8 Å². The van der Waals surface area contributed by atoms with E-state index in [1.165, 1.54) is 91.4 Å². The maximum absolute atomic E-state index is 13.0.